The molecule has 1 heterocycles. The van der Waals surface area contributed by atoms with Crippen LogP contribution >= 0.6 is 22.9 Å². The zero-order valence-corrected chi connectivity index (χ0v) is 8.84. The van der Waals surface area contributed by atoms with Gasteiger partial charge in [-0.05, 0) is 18.0 Å². The molecular formula is C8H11ClN2OS. The van der Waals surface area contributed by atoms with Crippen LogP contribution in [0.2, 0.25) is 4.34 Å². The number of carbonyl (C=O) groups is 1. The molecule has 0 aliphatic rings. The van der Waals surface area contributed by atoms with Gasteiger partial charge in [-0.25, -0.2) is 0 Å². The summed E-state index contributed by atoms with van der Waals surface area (Å²) in [6.45, 7) is 3.05. The van der Waals surface area contributed by atoms with E-state index in [9.17, 15) is 4.79 Å². The lowest BCUT2D eigenvalue weighted by molar-refractivity contribution is -0.115. The molecule has 2 N–H and O–H groups in total. The summed E-state index contributed by atoms with van der Waals surface area (Å²) in [5, 5.41) is 7.47. The summed E-state index contributed by atoms with van der Waals surface area (Å²) in [5.41, 5.74) is 0.689. The summed E-state index contributed by atoms with van der Waals surface area (Å²) in [7, 11) is 0. The van der Waals surface area contributed by atoms with Crippen molar-refractivity contribution in [3.05, 3.63) is 15.8 Å². The van der Waals surface area contributed by atoms with E-state index in [0.29, 0.717) is 16.6 Å². The molecule has 3 nitrogen and oxygen atoms in total. The van der Waals surface area contributed by atoms with Crippen LogP contribution in [0.1, 0.15) is 6.92 Å². The zero-order valence-electron chi connectivity index (χ0n) is 7.26. The van der Waals surface area contributed by atoms with E-state index in [1.807, 2.05) is 12.3 Å². The number of amides is 1. The van der Waals surface area contributed by atoms with E-state index in [1.54, 1.807) is 6.07 Å². The van der Waals surface area contributed by atoms with E-state index in [2.05, 4.69) is 10.6 Å². The Hall–Kier alpha value is -0.580. The van der Waals surface area contributed by atoms with Crippen molar-refractivity contribution in [3.63, 3.8) is 0 Å². The molecule has 0 unspecified atom stereocenters. The highest BCUT2D eigenvalue weighted by Gasteiger charge is 2.05. The average molecular weight is 219 g/mol. The maximum absolute atomic E-state index is 11.2. The van der Waals surface area contributed by atoms with E-state index in [1.165, 1.54) is 11.3 Å². The second-order valence-corrected chi connectivity index (χ2v) is 3.95. The van der Waals surface area contributed by atoms with Crippen LogP contribution in [0.15, 0.2) is 11.4 Å². The minimum atomic E-state index is -0.0675. The van der Waals surface area contributed by atoms with Crippen molar-refractivity contribution < 1.29 is 4.79 Å². The van der Waals surface area contributed by atoms with Gasteiger partial charge in [0.2, 0.25) is 5.91 Å². The van der Waals surface area contributed by atoms with Crippen LogP contribution in [0, 0.1) is 0 Å². The van der Waals surface area contributed by atoms with Crippen molar-refractivity contribution in [1.29, 1.82) is 0 Å². The molecular weight excluding hydrogens is 208 g/mol. The number of halogens is 1. The lowest BCUT2D eigenvalue weighted by atomic mass is 10.5. The molecule has 1 rings (SSSR count). The first kappa shape index (κ1) is 10.5. The van der Waals surface area contributed by atoms with Gasteiger partial charge in [0.15, 0.2) is 0 Å². The third-order valence-electron chi connectivity index (χ3n) is 1.43. The van der Waals surface area contributed by atoms with Gasteiger partial charge in [-0.15, -0.1) is 11.3 Å². The summed E-state index contributed by atoms with van der Waals surface area (Å²) < 4.78 is 0.616. The molecule has 1 amide bonds. The van der Waals surface area contributed by atoms with Gasteiger partial charge in [0.05, 0.1) is 12.2 Å². The van der Waals surface area contributed by atoms with Gasteiger partial charge in [-0.1, -0.05) is 18.5 Å². The molecule has 0 fully saturated rings. The van der Waals surface area contributed by atoms with E-state index in [4.69, 9.17) is 11.6 Å². The highest BCUT2D eigenvalue weighted by molar-refractivity contribution is 7.15. The number of likely N-dealkylation sites (N-methyl/N-ethyl adjacent to an activating group) is 1. The minimum absolute atomic E-state index is 0.0675. The quantitative estimate of drug-likeness (QED) is 0.811. The van der Waals surface area contributed by atoms with E-state index in [-0.39, 0.29) is 5.91 Å². The summed E-state index contributed by atoms with van der Waals surface area (Å²) in [6.07, 6.45) is 0. The lowest BCUT2D eigenvalue weighted by Gasteiger charge is -2.03. The van der Waals surface area contributed by atoms with Crippen LogP contribution in [-0.2, 0) is 4.79 Å². The standard InChI is InChI=1S/C8H11ClN2OS/c1-2-10-5-7(12)11-6-3-4-13-8(6)9/h3-4,10H,2,5H2,1H3,(H,11,12). The summed E-state index contributed by atoms with van der Waals surface area (Å²) in [5.74, 6) is -0.0675. The van der Waals surface area contributed by atoms with Gasteiger partial charge >= 0.3 is 0 Å². The van der Waals surface area contributed by atoms with Gasteiger partial charge in [-0.2, -0.15) is 0 Å². The molecule has 0 atom stereocenters. The van der Waals surface area contributed by atoms with E-state index in [0.717, 1.165) is 6.54 Å². The molecule has 0 aliphatic carbocycles. The Morgan fingerprint density at radius 1 is 1.69 bits per heavy atom. The highest BCUT2D eigenvalue weighted by Crippen LogP contribution is 2.27. The predicted molar refractivity (Wildman–Crippen MR) is 56.5 cm³/mol. The van der Waals surface area contributed by atoms with Crippen LogP contribution in [-0.4, -0.2) is 19.0 Å². The first-order chi connectivity index (χ1) is 6.24. The zero-order chi connectivity index (χ0) is 9.68. The second kappa shape index (κ2) is 5.21. The Bertz CT molecular complexity index is 287. The Morgan fingerprint density at radius 2 is 2.46 bits per heavy atom. The van der Waals surface area contributed by atoms with Crippen molar-refractivity contribution in [2.75, 3.05) is 18.4 Å². The fraction of sp³-hybridized carbons (Fsp3) is 0.375. The van der Waals surface area contributed by atoms with Crippen LogP contribution < -0.4 is 10.6 Å². The molecule has 0 radical (unpaired) electrons. The molecule has 13 heavy (non-hydrogen) atoms. The third kappa shape index (κ3) is 3.34. The van der Waals surface area contributed by atoms with Gasteiger partial charge in [0.25, 0.3) is 0 Å². The summed E-state index contributed by atoms with van der Waals surface area (Å²) in [4.78, 5) is 11.2. The normalized spacial score (nSPS) is 10.0. The van der Waals surface area contributed by atoms with Crippen molar-refractivity contribution in [3.8, 4) is 0 Å². The maximum Gasteiger partial charge on any atom is 0.238 e. The Morgan fingerprint density at radius 3 is 3.00 bits per heavy atom. The van der Waals surface area contributed by atoms with Crippen molar-refractivity contribution in [2.45, 2.75) is 6.92 Å². The third-order valence-corrected chi connectivity index (χ3v) is 2.60. The average Bonchev–Trinajstić information content (AvgIpc) is 2.48. The number of rotatable bonds is 4. The number of hydrogen-bond acceptors (Lipinski definition) is 3. The summed E-state index contributed by atoms with van der Waals surface area (Å²) in [6, 6.07) is 1.79. The number of anilines is 1. The first-order valence-corrected chi connectivity index (χ1v) is 5.23. The van der Waals surface area contributed by atoms with Crippen LogP contribution in [0.25, 0.3) is 0 Å². The molecule has 0 spiro atoms. The SMILES string of the molecule is CCNCC(=O)Nc1ccsc1Cl. The van der Waals surface area contributed by atoms with Crippen LogP contribution in [0.3, 0.4) is 0 Å². The number of hydrogen-bond donors (Lipinski definition) is 2. The van der Waals surface area contributed by atoms with E-state index < -0.39 is 0 Å². The minimum Gasteiger partial charge on any atom is -0.323 e. The second-order valence-electron chi connectivity index (χ2n) is 2.44. The maximum atomic E-state index is 11.2. The highest BCUT2D eigenvalue weighted by atomic mass is 35.5. The van der Waals surface area contributed by atoms with E-state index >= 15 is 0 Å². The molecule has 0 saturated heterocycles. The number of thiophene rings is 1. The molecule has 5 heteroatoms. The van der Waals surface area contributed by atoms with Gasteiger partial charge < -0.3 is 10.6 Å². The smallest absolute Gasteiger partial charge is 0.238 e. The molecule has 0 aliphatic heterocycles. The van der Waals surface area contributed by atoms with Crippen molar-refractivity contribution in [1.82, 2.24) is 5.32 Å². The van der Waals surface area contributed by atoms with Gasteiger partial charge in [0.1, 0.15) is 4.34 Å². The molecule has 0 aromatic carbocycles. The number of carbonyl (C=O) groups excluding carboxylic acids is 1. The largest absolute Gasteiger partial charge is 0.323 e. The van der Waals surface area contributed by atoms with Crippen LogP contribution in [0.4, 0.5) is 5.69 Å². The topological polar surface area (TPSA) is 41.1 Å². The molecule has 0 saturated carbocycles. The summed E-state index contributed by atoms with van der Waals surface area (Å²) >= 11 is 7.20. The first-order valence-electron chi connectivity index (χ1n) is 3.97. The molecule has 1 aromatic rings. The van der Waals surface area contributed by atoms with Crippen LogP contribution in [0.5, 0.6) is 0 Å². The Labute approximate surface area is 86.1 Å². The predicted octanol–water partition coefficient (Wildman–Crippen LogP) is 1.95. The lowest BCUT2D eigenvalue weighted by Crippen LogP contribution is -2.27. The monoisotopic (exact) mass is 218 g/mol. The van der Waals surface area contributed by atoms with Gasteiger partial charge in [0, 0.05) is 0 Å². The fourth-order valence-corrected chi connectivity index (χ4v) is 1.65. The Balaban J connectivity index is 2.41. The van der Waals surface area contributed by atoms with Crippen molar-refractivity contribution in [2.24, 2.45) is 0 Å². The fourth-order valence-electron chi connectivity index (χ4n) is 0.815. The molecule has 0 bridgehead atoms. The van der Waals surface area contributed by atoms with Gasteiger partial charge in [-0.3, -0.25) is 4.79 Å². The Kier molecular flexibility index (Phi) is 4.21. The van der Waals surface area contributed by atoms with Crippen molar-refractivity contribution >= 4 is 34.5 Å². The molecule has 1 aromatic heterocycles. The molecule has 72 valence electrons. The number of nitrogens with one attached hydrogen (secondary N) is 2.